The molecule has 4 N–H and O–H groups in total. The van der Waals surface area contributed by atoms with Crippen molar-refractivity contribution < 1.29 is 14.3 Å². The lowest BCUT2D eigenvalue weighted by Crippen LogP contribution is -2.29. The minimum atomic E-state index is -0.207. The van der Waals surface area contributed by atoms with Crippen LogP contribution >= 0.6 is 0 Å². The lowest BCUT2D eigenvalue weighted by atomic mass is 10.0. The number of anilines is 1. The van der Waals surface area contributed by atoms with Crippen LogP contribution < -0.4 is 21.3 Å². The van der Waals surface area contributed by atoms with Crippen LogP contribution in [0.25, 0.3) is 0 Å². The fraction of sp³-hybridized carbons (Fsp3) is 0.385. The van der Waals surface area contributed by atoms with Gasteiger partial charge in [-0.2, -0.15) is 0 Å². The second-order valence-electron chi connectivity index (χ2n) is 4.39. The number of carbonyl (C=O) groups is 2. The van der Waals surface area contributed by atoms with E-state index in [0.29, 0.717) is 31.6 Å². The molecule has 2 rings (SSSR count). The van der Waals surface area contributed by atoms with E-state index < -0.39 is 0 Å². The lowest BCUT2D eigenvalue weighted by molar-refractivity contribution is -0.121. The van der Waals surface area contributed by atoms with E-state index in [2.05, 4.69) is 10.7 Å². The van der Waals surface area contributed by atoms with Crippen LogP contribution in [0.5, 0.6) is 5.75 Å². The van der Waals surface area contributed by atoms with E-state index in [1.807, 2.05) is 18.2 Å². The van der Waals surface area contributed by atoms with Crippen molar-refractivity contribution in [3.05, 3.63) is 23.8 Å². The molecule has 0 aliphatic carbocycles. The Morgan fingerprint density at radius 3 is 3.05 bits per heavy atom. The van der Waals surface area contributed by atoms with Crippen LogP contribution in [-0.4, -0.2) is 18.4 Å². The van der Waals surface area contributed by atoms with Gasteiger partial charge < -0.3 is 10.1 Å². The minimum absolute atomic E-state index is 0.0317. The summed E-state index contributed by atoms with van der Waals surface area (Å²) in [6.45, 7) is 0.431. The number of amides is 2. The Morgan fingerprint density at radius 2 is 2.26 bits per heavy atom. The number of benzene rings is 1. The maximum atomic E-state index is 11.3. The molecule has 0 aromatic heterocycles. The molecule has 1 aromatic carbocycles. The normalized spacial score (nSPS) is 13.4. The predicted octanol–water partition coefficient (Wildman–Crippen LogP) is 0.720. The number of rotatable bonds is 5. The van der Waals surface area contributed by atoms with Crippen LogP contribution in [0.4, 0.5) is 5.69 Å². The molecule has 0 bridgehead atoms. The topological polar surface area (TPSA) is 93.4 Å². The van der Waals surface area contributed by atoms with Crippen LogP contribution in [0.3, 0.4) is 0 Å². The largest absolute Gasteiger partial charge is 0.494 e. The van der Waals surface area contributed by atoms with E-state index >= 15 is 0 Å². The summed E-state index contributed by atoms with van der Waals surface area (Å²) in [7, 11) is 0. The molecule has 1 heterocycles. The molecule has 6 nitrogen and oxygen atoms in total. The van der Waals surface area contributed by atoms with Gasteiger partial charge in [0, 0.05) is 24.6 Å². The smallest absolute Gasteiger partial charge is 0.234 e. The summed E-state index contributed by atoms with van der Waals surface area (Å²) < 4.78 is 5.53. The van der Waals surface area contributed by atoms with Gasteiger partial charge in [0.25, 0.3) is 0 Å². The summed E-state index contributed by atoms with van der Waals surface area (Å²) >= 11 is 0. The second kappa shape index (κ2) is 6.19. The number of hydrogen-bond donors (Lipinski definition) is 3. The first kappa shape index (κ1) is 13.4. The Hall–Kier alpha value is -2.08. The SMILES string of the molecule is NNC(=O)CCCOc1ccc2c(c1)NC(=O)CC2. The number of nitrogens with two attached hydrogens (primary N) is 1. The molecule has 0 spiro atoms. The highest BCUT2D eigenvalue weighted by Crippen LogP contribution is 2.27. The van der Waals surface area contributed by atoms with Crippen molar-refractivity contribution >= 4 is 17.5 Å². The third kappa shape index (κ3) is 3.69. The van der Waals surface area contributed by atoms with E-state index in [0.717, 1.165) is 17.7 Å². The molecule has 2 amide bonds. The molecule has 6 heteroatoms. The van der Waals surface area contributed by atoms with Crippen LogP contribution in [-0.2, 0) is 16.0 Å². The number of hydrogen-bond acceptors (Lipinski definition) is 4. The second-order valence-corrected chi connectivity index (χ2v) is 4.39. The van der Waals surface area contributed by atoms with E-state index in [1.165, 1.54) is 0 Å². The number of fused-ring (bicyclic) bond motifs is 1. The van der Waals surface area contributed by atoms with Gasteiger partial charge in [-0.1, -0.05) is 6.07 Å². The number of carbonyl (C=O) groups excluding carboxylic acids is 2. The number of hydrazine groups is 1. The van der Waals surface area contributed by atoms with Crippen LogP contribution in [0, 0.1) is 0 Å². The first-order valence-corrected chi connectivity index (χ1v) is 6.24. The Labute approximate surface area is 111 Å². The van der Waals surface area contributed by atoms with E-state index in [1.54, 1.807) is 0 Å². The molecule has 0 saturated heterocycles. The maximum absolute atomic E-state index is 11.3. The van der Waals surface area contributed by atoms with Crippen LogP contribution in [0.1, 0.15) is 24.8 Å². The van der Waals surface area contributed by atoms with Crippen LogP contribution in [0.15, 0.2) is 18.2 Å². The Morgan fingerprint density at radius 1 is 1.42 bits per heavy atom. The van der Waals surface area contributed by atoms with Gasteiger partial charge >= 0.3 is 0 Å². The van der Waals surface area contributed by atoms with E-state index in [-0.39, 0.29) is 11.8 Å². The van der Waals surface area contributed by atoms with Gasteiger partial charge in [-0.25, -0.2) is 5.84 Å². The van der Waals surface area contributed by atoms with Crippen molar-refractivity contribution in [2.24, 2.45) is 5.84 Å². The summed E-state index contributed by atoms with van der Waals surface area (Å²) in [4.78, 5) is 22.2. The summed E-state index contributed by atoms with van der Waals surface area (Å²) in [5.41, 5.74) is 4.00. The van der Waals surface area contributed by atoms with Crippen molar-refractivity contribution in [1.29, 1.82) is 0 Å². The average Bonchev–Trinajstić information content (AvgIpc) is 2.42. The summed E-state index contributed by atoms with van der Waals surface area (Å²) in [6.07, 6.45) is 2.21. The molecule has 19 heavy (non-hydrogen) atoms. The minimum Gasteiger partial charge on any atom is -0.494 e. The van der Waals surface area contributed by atoms with Crippen molar-refractivity contribution in [3.8, 4) is 5.75 Å². The number of nitrogens with one attached hydrogen (secondary N) is 2. The third-order valence-corrected chi connectivity index (χ3v) is 2.95. The van der Waals surface area contributed by atoms with Gasteiger partial charge in [0.15, 0.2) is 0 Å². The highest BCUT2D eigenvalue weighted by molar-refractivity contribution is 5.94. The first-order chi connectivity index (χ1) is 9.19. The fourth-order valence-corrected chi connectivity index (χ4v) is 1.94. The zero-order valence-corrected chi connectivity index (χ0v) is 10.6. The first-order valence-electron chi connectivity index (χ1n) is 6.24. The zero-order valence-electron chi connectivity index (χ0n) is 10.6. The Kier molecular flexibility index (Phi) is 4.35. The van der Waals surface area contributed by atoms with Gasteiger partial charge in [-0.05, 0) is 24.5 Å². The molecule has 102 valence electrons. The van der Waals surface area contributed by atoms with Crippen molar-refractivity contribution in [1.82, 2.24) is 5.43 Å². The average molecular weight is 263 g/mol. The predicted molar refractivity (Wildman–Crippen MR) is 70.5 cm³/mol. The molecular weight excluding hydrogens is 246 g/mol. The summed E-state index contributed by atoms with van der Waals surface area (Å²) in [6, 6.07) is 5.64. The van der Waals surface area contributed by atoms with Crippen molar-refractivity contribution in [2.45, 2.75) is 25.7 Å². The molecular formula is C13H17N3O3. The molecule has 0 atom stereocenters. The lowest BCUT2D eigenvalue weighted by Gasteiger charge is -2.17. The molecule has 0 fully saturated rings. The third-order valence-electron chi connectivity index (χ3n) is 2.95. The zero-order chi connectivity index (χ0) is 13.7. The van der Waals surface area contributed by atoms with Gasteiger partial charge in [-0.3, -0.25) is 15.0 Å². The Balaban J connectivity index is 1.86. The van der Waals surface area contributed by atoms with E-state index in [9.17, 15) is 9.59 Å². The van der Waals surface area contributed by atoms with Crippen molar-refractivity contribution in [2.75, 3.05) is 11.9 Å². The van der Waals surface area contributed by atoms with Crippen LogP contribution in [0.2, 0.25) is 0 Å². The number of ether oxygens (including phenoxy) is 1. The summed E-state index contributed by atoms with van der Waals surface area (Å²) in [5, 5.41) is 2.82. The van der Waals surface area contributed by atoms with Gasteiger partial charge in [-0.15, -0.1) is 0 Å². The summed E-state index contributed by atoms with van der Waals surface area (Å²) in [5.74, 6) is 5.49. The monoisotopic (exact) mass is 263 g/mol. The van der Waals surface area contributed by atoms with Gasteiger partial charge in [0.1, 0.15) is 5.75 Å². The molecule has 0 radical (unpaired) electrons. The van der Waals surface area contributed by atoms with E-state index in [4.69, 9.17) is 10.6 Å². The fourth-order valence-electron chi connectivity index (χ4n) is 1.94. The quantitative estimate of drug-likeness (QED) is 0.316. The molecule has 0 saturated carbocycles. The Bertz CT molecular complexity index is 488. The molecule has 1 aliphatic heterocycles. The van der Waals surface area contributed by atoms with Crippen molar-refractivity contribution in [3.63, 3.8) is 0 Å². The highest BCUT2D eigenvalue weighted by atomic mass is 16.5. The maximum Gasteiger partial charge on any atom is 0.234 e. The van der Waals surface area contributed by atoms with Gasteiger partial charge in [0.05, 0.1) is 6.61 Å². The molecule has 1 aromatic rings. The molecule has 1 aliphatic rings. The number of aryl methyl sites for hydroxylation is 1. The highest BCUT2D eigenvalue weighted by Gasteiger charge is 2.14. The van der Waals surface area contributed by atoms with Gasteiger partial charge in [0.2, 0.25) is 11.8 Å². The molecule has 0 unspecified atom stereocenters. The standard InChI is InChI=1S/C13H17N3O3/c14-16-13(18)2-1-7-19-10-5-3-9-4-6-12(17)15-11(9)8-10/h3,5,8H,1-2,4,6-7,14H2,(H,15,17)(H,16,18).